The Kier molecular flexibility index (Phi) is 5.36. The van der Waals surface area contributed by atoms with Crippen molar-refractivity contribution in [3.8, 4) is 0 Å². The average Bonchev–Trinajstić information content (AvgIpc) is 2.29. The molecule has 0 amide bonds. The van der Waals surface area contributed by atoms with Crippen LogP contribution in [0.15, 0.2) is 24.3 Å². The molecule has 0 heterocycles. The van der Waals surface area contributed by atoms with Crippen molar-refractivity contribution in [3.63, 3.8) is 0 Å². The van der Waals surface area contributed by atoms with Crippen LogP contribution in [0.1, 0.15) is 38.3 Å². The van der Waals surface area contributed by atoms with E-state index in [4.69, 9.17) is 5.11 Å². The summed E-state index contributed by atoms with van der Waals surface area (Å²) in [7, 11) is 0. The van der Waals surface area contributed by atoms with Crippen molar-refractivity contribution < 1.29 is 9.90 Å². The predicted molar refractivity (Wildman–Crippen MR) is 69.7 cm³/mol. The fourth-order valence-electron chi connectivity index (χ4n) is 1.98. The van der Waals surface area contributed by atoms with E-state index in [2.05, 4.69) is 13.8 Å². The lowest BCUT2D eigenvalue weighted by atomic mass is 9.91. The lowest BCUT2D eigenvalue weighted by Gasteiger charge is -2.12. The largest absolute Gasteiger partial charge is 0.392 e. The van der Waals surface area contributed by atoms with Gasteiger partial charge in [0.1, 0.15) is 5.78 Å². The molecule has 0 bridgehead atoms. The third-order valence-corrected chi connectivity index (χ3v) is 2.96. The summed E-state index contributed by atoms with van der Waals surface area (Å²) >= 11 is 0. The fourth-order valence-corrected chi connectivity index (χ4v) is 1.98. The summed E-state index contributed by atoms with van der Waals surface area (Å²) in [6, 6.07) is 7.59. The van der Waals surface area contributed by atoms with E-state index in [9.17, 15) is 4.79 Å². The normalized spacial score (nSPS) is 12.8. The first-order valence-corrected chi connectivity index (χ1v) is 6.24. The van der Waals surface area contributed by atoms with Crippen LogP contribution in [0.25, 0.3) is 0 Å². The van der Waals surface area contributed by atoms with Crippen molar-refractivity contribution in [2.45, 2.75) is 40.2 Å². The Hall–Kier alpha value is -1.15. The monoisotopic (exact) mass is 234 g/mol. The highest BCUT2D eigenvalue weighted by molar-refractivity contribution is 5.82. The van der Waals surface area contributed by atoms with Crippen LogP contribution < -0.4 is 0 Å². The van der Waals surface area contributed by atoms with Crippen molar-refractivity contribution in [2.24, 2.45) is 11.8 Å². The Bertz CT molecular complexity index is 352. The zero-order chi connectivity index (χ0) is 12.8. The molecule has 94 valence electrons. The van der Waals surface area contributed by atoms with E-state index in [1.165, 1.54) is 0 Å². The Morgan fingerprint density at radius 1 is 1.12 bits per heavy atom. The van der Waals surface area contributed by atoms with Gasteiger partial charge in [-0.2, -0.15) is 0 Å². The number of carbonyl (C=O) groups is 1. The van der Waals surface area contributed by atoms with Gasteiger partial charge in [-0.25, -0.2) is 0 Å². The van der Waals surface area contributed by atoms with E-state index in [1.54, 1.807) is 0 Å². The van der Waals surface area contributed by atoms with Crippen LogP contribution >= 0.6 is 0 Å². The second-order valence-electron chi connectivity index (χ2n) is 5.15. The van der Waals surface area contributed by atoms with Crippen molar-refractivity contribution >= 4 is 5.78 Å². The van der Waals surface area contributed by atoms with Gasteiger partial charge in [-0.05, 0) is 23.5 Å². The van der Waals surface area contributed by atoms with Gasteiger partial charge in [0.05, 0.1) is 6.61 Å². The lowest BCUT2D eigenvalue weighted by Crippen LogP contribution is -2.15. The number of hydrogen-bond donors (Lipinski definition) is 1. The SMILES string of the molecule is CC(C)C[C@H](C)C(=O)Cc1ccc(CO)cc1. The molecule has 0 aliphatic carbocycles. The summed E-state index contributed by atoms with van der Waals surface area (Å²) in [4.78, 5) is 12.0. The smallest absolute Gasteiger partial charge is 0.140 e. The van der Waals surface area contributed by atoms with E-state index in [-0.39, 0.29) is 12.5 Å². The van der Waals surface area contributed by atoms with Gasteiger partial charge in [0.15, 0.2) is 0 Å². The van der Waals surface area contributed by atoms with Gasteiger partial charge in [0.25, 0.3) is 0 Å². The molecule has 0 saturated carbocycles. The number of aliphatic hydroxyl groups is 1. The molecular weight excluding hydrogens is 212 g/mol. The first-order valence-electron chi connectivity index (χ1n) is 6.24. The van der Waals surface area contributed by atoms with Crippen molar-refractivity contribution in [1.82, 2.24) is 0 Å². The lowest BCUT2D eigenvalue weighted by molar-refractivity contribution is -0.122. The highest BCUT2D eigenvalue weighted by atomic mass is 16.3. The number of benzene rings is 1. The van der Waals surface area contributed by atoms with Crippen LogP contribution in [-0.2, 0) is 17.8 Å². The van der Waals surface area contributed by atoms with Gasteiger partial charge in [-0.15, -0.1) is 0 Å². The van der Waals surface area contributed by atoms with Gasteiger partial charge < -0.3 is 5.11 Å². The maximum Gasteiger partial charge on any atom is 0.140 e. The van der Waals surface area contributed by atoms with Gasteiger partial charge in [0, 0.05) is 12.3 Å². The summed E-state index contributed by atoms with van der Waals surface area (Å²) in [5.41, 5.74) is 1.92. The number of aliphatic hydroxyl groups excluding tert-OH is 1. The molecule has 0 aliphatic rings. The molecule has 0 unspecified atom stereocenters. The highest BCUT2D eigenvalue weighted by Crippen LogP contribution is 2.15. The van der Waals surface area contributed by atoms with Crippen LogP contribution in [0.3, 0.4) is 0 Å². The summed E-state index contributed by atoms with van der Waals surface area (Å²) in [6.45, 7) is 6.34. The third-order valence-electron chi connectivity index (χ3n) is 2.96. The number of rotatable bonds is 6. The maximum absolute atomic E-state index is 12.0. The van der Waals surface area contributed by atoms with E-state index in [1.807, 2.05) is 31.2 Å². The second-order valence-corrected chi connectivity index (χ2v) is 5.15. The molecule has 0 spiro atoms. The molecule has 0 fully saturated rings. The highest BCUT2D eigenvalue weighted by Gasteiger charge is 2.14. The molecular formula is C15H22O2. The zero-order valence-electron chi connectivity index (χ0n) is 10.9. The summed E-state index contributed by atoms with van der Waals surface area (Å²) < 4.78 is 0. The first-order chi connectivity index (χ1) is 8.02. The van der Waals surface area contributed by atoms with Crippen LogP contribution in [0.2, 0.25) is 0 Å². The van der Waals surface area contributed by atoms with Crippen LogP contribution in [0.5, 0.6) is 0 Å². The van der Waals surface area contributed by atoms with Gasteiger partial charge in [0.2, 0.25) is 0 Å². The summed E-state index contributed by atoms with van der Waals surface area (Å²) in [5.74, 6) is 0.994. The quantitative estimate of drug-likeness (QED) is 0.821. The van der Waals surface area contributed by atoms with E-state index in [0.717, 1.165) is 17.5 Å². The van der Waals surface area contributed by atoms with E-state index < -0.39 is 0 Å². The molecule has 1 aromatic rings. The average molecular weight is 234 g/mol. The molecule has 2 nitrogen and oxygen atoms in total. The van der Waals surface area contributed by atoms with Crippen LogP contribution in [-0.4, -0.2) is 10.9 Å². The Balaban J connectivity index is 2.55. The van der Waals surface area contributed by atoms with Crippen molar-refractivity contribution in [3.05, 3.63) is 35.4 Å². The number of hydrogen-bond acceptors (Lipinski definition) is 2. The minimum atomic E-state index is 0.0536. The van der Waals surface area contributed by atoms with Gasteiger partial charge in [-0.3, -0.25) is 4.79 Å². The van der Waals surface area contributed by atoms with Gasteiger partial charge >= 0.3 is 0 Å². The third kappa shape index (κ3) is 4.70. The zero-order valence-corrected chi connectivity index (χ0v) is 10.9. The summed E-state index contributed by atoms with van der Waals surface area (Å²) in [6.07, 6.45) is 1.45. The number of carbonyl (C=O) groups excluding carboxylic acids is 1. The Morgan fingerprint density at radius 3 is 2.12 bits per heavy atom. The molecule has 2 heteroatoms. The minimum Gasteiger partial charge on any atom is -0.392 e. The Morgan fingerprint density at radius 2 is 1.65 bits per heavy atom. The minimum absolute atomic E-state index is 0.0536. The molecule has 1 rings (SSSR count). The molecule has 0 saturated heterocycles. The van der Waals surface area contributed by atoms with Gasteiger partial charge in [-0.1, -0.05) is 45.0 Å². The fraction of sp³-hybridized carbons (Fsp3) is 0.533. The second kappa shape index (κ2) is 6.55. The summed E-state index contributed by atoms with van der Waals surface area (Å²) in [5, 5.41) is 8.93. The maximum atomic E-state index is 12.0. The van der Waals surface area contributed by atoms with E-state index >= 15 is 0 Å². The standard InChI is InChI=1S/C15H22O2/c1-11(2)8-12(3)15(17)9-13-4-6-14(10-16)7-5-13/h4-7,11-12,16H,8-10H2,1-3H3/t12-/m0/s1. The molecule has 1 N–H and O–H groups in total. The van der Waals surface area contributed by atoms with Crippen LogP contribution in [0.4, 0.5) is 0 Å². The molecule has 0 aromatic heterocycles. The topological polar surface area (TPSA) is 37.3 Å². The Labute approximate surface area is 104 Å². The molecule has 17 heavy (non-hydrogen) atoms. The van der Waals surface area contributed by atoms with Crippen LogP contribution in [0, 0.1) is 11.8 Å². The molecule has 0 radical (unpaired) electrons. The molecule has 1 atom stereocenters. The van der Waals surface area contributed by atoms with Crippen molar-refractivity contribution in [2.75, 3.05) is 0 Å². The number of ketones is 1. The molecule has 1 aromatic carbocycles. The van der Waals surface area contributed by atoms with Crippen molar-refractivity contribution in [1.29, 1.82) is 0 Å². The van der Waals surface area contributed by atoms with E-state index in [0.29, 0.717) is 18.1 Å². The predicted octanol–water partition coefficient (Wildman–Crippen LogP) is 2.97. The first kappa shape index (κ1) is 13.9. The molecule has 0 aliphatic heterocycles. The number of Topliss-reactive ketones (excluding diaryl/α,β-unsaturated/α-hetero) is 1.